The van der Waals surface area contributed by atoms with Crippen LogP contribution in [-0.2, 0) is 4.79 Å². The Labute approximate surface area is 115 Å². The molecule has 0 radical (unpaired) electrons. The average molecular weight is 263 g/mol. The second kappa shape index (κ2) is 9.36. The van der Waals surface area contributed by atoms with E-state index in [0.717, 1.165) is 12.8 Å². The molecule has 0 bridgehead atoms. The summed E-state index contributed by atoms with van der Waals surface area (Å²) in [6.07, 6.45) is 10.6. The van der Waals surface area contributed by atoms with Gasteiger partial charge in [0.15, 0.2) is 0 Å². The first-order valence-electron chi connectivity index (χ1n) is 7.23. The van der Waals surface area contributed by atoms with Crippen LogP contribution in [0.1, 0.15) is 58.3 Å². The highest BCUT2D eigenvalue weighted by Crippen LogP contribution is 2.10. The van der Waals surface area contributed by atoms with Gasteiger partial charge in [-0.05, 0) is 18.6 Å². The van der Waals surface area contributed by atoms with Gasteiger partial charge in [0.2, 0.25) is 5.91 Å². The summed E-state index contributed by atoms with van der Waals surface area (Å²) in [5.74, 6) is 0.605. The molecule has 4 heteroatoms. The van der Waals surface area contributed by atoms with Crippen molar-refractivity contribution in [1.82, 2.24) is 4.98 Å². The van der Waals surface area contributed by atoms with Crippen LogP contribution >= 0.6 is 0 Å². The minimum atomic E-state index is 0.0332. The quantitative estimate of drug-likeness (QED) is 0.667. The molecule has 0 atom stereocenters. The number of unbranched alkanes of at least 4 members (excludes halogenated alkanes) is 6. The Hall–Kier alpha value is -1.58. The van der Waals surface area contributed by atoms with Crippen molar-refractivity contribution < 1.29 is 4.79 Å². The number of nitrogen functional groups attached to an aromatic ring is 1. The zero-order valence-corrected chi connectivity index (χ0v) is 11.8. The lowest BCUT2D eigenvalue weighted by Crippen LogP contribution is -2.12. The number of nitrogens with two attached hydrogens (primary N) is 1. The van der Waals surface area contributed by atoms with Gasteiger partial charge in [-0.15, -0.1) is 0 Å². The molecule has 3 N–H and O–H groups in total. The van der Waals surface area contributed by atoms with Crippen LogP contribution in [0.25, 0.3) is 0 Å². The number of pyridine rings is 1. The number of carbonyl (C=O) groups excluding carboxylic acids is 1. The predicted molar refractivity (Wildman–Crippen MR) is 79.9 cm³/mol. The van der Waals surface area contributed by atoms with E-state index in [2.05, 4.69) is 17.2 Å². The van der Waals surface area contributed by atoms with Crippen LogP contribution in [-0.4, -0.2) is 10.9 Å². The molecule has 1 aromatic rings. The molecule has 0 spiro atoms. The molecule has 1 rings (SSSR count). The van der Waals surface area contributed by atoms with E-state index in [0.29, 0.717) is 17.9 Å². The van der Waals surface area contributed by atoms with Crippen LogP contribution in [0, 0.1) is 0 Å². The Morgan fingerprint density at radius 3 is 2.47 bits per heavy atom. The van der Waals surface area contributed by atoms with Crippen LogP contribution in [0.4, 0.5) is 11.5 Å². The Kier molecular flexibility index (Phi) is 7.63. The number of nitrogens with zero attached hydrogens (tertiary/aromatic N) is 1. The monoisotopic (exact) mass is 263 g/mol. The lowest BCUT2D eigenvalue weighted by atomic mass is 10.1. The summed E-state index contributed by atoms with van der Waals surface area (Å²) in [5, 5.41) is 2.77. The summed E-state index contributed by atoms with van der Waals surface area (Å²) in [6, 6.07) is 3.45. The molecular formula is C15H25N3O. The van der Waals surface area contributed by atoms with Crippen LogP contribution < -0.4 is 11.1 Å². The van der Waals surface area contributed by atoms with Crippen molar-refractivity contribution in [2.45, 2.75) is 58.3 Å². The van der Waals surface area contributed by atoms with E-state index in [1.54, 1.807) is 18.3 Å². The van der Waals surface area contributed by atoms with Crippen molar-refractivity contribution in [2.75, 3.05) is 11.1 Å². The first-order valence-corrected chi connectivity index (χ1v) is 7.23. The van der Waals surface area contributed by atoms with Crippen LogP contribution in [0.2, 0.25) is 0 Å². The van der Waals surface area contributed by atoms with E-state index in [4.69, 9.17) is 5.73 Å². The molecule has 0 unspecified atom stereocenters. The molecule has 1 aromatic heterocycles. The molecule has 0 aliphatic carbocycles. The maximum absolute atomic E-state index is 11.7. The van der Waals surface area contributed by atoms with Gasteiger partial charge in [0.05, 0.1) is 11.9 Å². The first kappa shape index (κ1) is 15.5. The first-order chi connectivity index (χ1) is 9.22. The fourth-order valence-electron chi connectivity index (χ4n) is 1.93. The van der Waals surface area contributed by atoms with Gasteiger partial charge in [-0.2, -0.15) is 0 Å². The summed E-state index contributed by atoms with van der Waals surface area (Å²) in [4.78, 5) is 15.7. The molecule has 1 heterocycles. The third-order valence-electron chi connectivity index (χ3n) is 3.06. The summed E-state index contributed by atoms with van der Waals surface area (Å²) in [6.45, 7) is 2.22. The number of aromatic nitrogens is 1. The number of amides is 1. The highest BCUT2D eigenvalue weighted by atomic mass is 16.1. The summed E-state index contributed by atoms with van der Waals surface area (Å²) < 4.78 is 0. The molecule has 0 aliphatic rings. The third-order valence-corrected chi connectivity index (χ3v) is 3.06. The van der Waals surface area contributed by atoms with Crippen molar-refractivity contribution in [3.63, 3.8) is 0 Å². The van der Waals surface area contributed by atoms with Crippen molar-refractivity contribution in [3.05, 3.63) is 18.3 Å². The molecule has 0 saturated heterocycles. The highest BCUT2D eigenvalue weighted by Gasteiger charge is 2.02. The minimum Gasteiger partial charge on any atom is -0.397 e. The van der Waals surface area contributed by atoms with Gasteiger partial charge >= 0.3 is 0 Å². The van der Waals surface area contributed by atoms with Gasteiger partial charge in [-0.1, -0.05) is 45.4 Å². The smallest absolute Gasteiger partial charge is 0.225 e. The van der Waals surface area contributed by atoms with Crippen molar-refractivity contribution in [2.24, 2.45) is 0 Å². The maximum Gasteiger partial charge on any atom is 0.225 e. The summed E-state index contributed by atoms with van der Waals surface area (Å²) in [5.41, 5.74) is 6.13. The third kappa shape index (κ3) is 7.44. The Bertz CT molecular complexity index is 362. The van der Waals surface area contributed by atoms with Crippen molar-refractivity contribution >= 4 is 17.4 Å². The van der Waals surface area contributed by atoms with E-state index in [-0.39, 0.29) is 5.91 Å². The fraction of sp³-hybridized carbons (Fsp3) is 0.600. The van der Waals surface area contributed by atoms with Crippen LogP contribution in [0.3, 0.4) is 0 Å². The number of carbonyl (C=O) groups is 1. The fourth-order valence-corrected chi connectivity index (χ4v) is 1.93. The second-order valence-electron chi connectivity index (χ2n) is 4.90. The lowest BCUT2D eigenvalue weighted by Gasteiger charge is -2.04. The zero-order valence-electron chi connectivity index (χ0n) is 11.8. The number of rotatable bonds is 9. The maximum atomic E-state index is 11.7. The SMILES string of the molecule is CCCCCCCCCC(=O)Nc1ccc(N)cn1. The van der Waals surface area contributed by atoms with E-state index in [9.17, 15) is 4.79 Å². The molecule has 4 nitrogen and oxygen atoms in total. The zero-order chi connectivity index (χ0) is 13.9. The molecule has 1 amide bonds. The van der Waals surface area contributed by atoms with Crippen LogP contribution in [0.15, 0.2) is 18.3 Å². The largest absolute Gasteiger partial charge is 0.397 e. The summed E-state index contributed by atoms with van der Waals surface area (Å²) in [7, 11) is 0. The second-order valence-corrected chi connectivity index (χ2v) is 4.90. The Morgan fingerprint density at radius 1 is 1.16 bits per heavy atom. The molecular weight excluding hydrogens is 238 g/mol. The van der Waals surface area contributed by atoms with Crippen LogP contribution in [0.5, 0.6) is 0 Å². The van der Waals surface area contributed by atoms with Crippen molar-refractivity contribution in [3.8, 4) is 0 Å². The van der Waals surface area contributed by atoms with Gasteiger partial charge < -0.3 is 11.1 Å². The van der Waals surface area contributed by atoms with Gasteiger partial charge in [0.1, 0.15) is 5.82 Å². The van der Waals surface area contributed by atoms with E-state index < -0.39 is 0 Å². The van der Waals surface area contributed by atoms with Gasteiger partial charge in [-0.25, -0.2) is 4.98 Å². The highest BCUT2D eigenvalue weighted by molar-refractivity contribution is 5.89. The standard InChI is InChI=1S/C15H25N3O/c1-2-3-4-5-6-7-8-9-15(19)18-14-11-10-13(16)12-17-14/h10-12H,2-9,16H2,1H3,(H,17,18,19). The van der Waals surface area contributed by atoms with E-state index in [1.807, 2.05) is 0 Å². The molecule has 106 valence electrons. The Balaban J connectivity index is 2.06. The molecule has 0 saturated carbocycles. The number of hydrogen-bond acceptors (Lipinski definition) is 3. The van der Waals surface area contributed by atoms with Gasteiger partial charge in [0.25, 0.3) is 0 Å². The molecule has 0 fully saturated rings. The molecule has 19 heavy (non-hydrogen) atoms. The van der Waals surface area contributed by atoms with E-state index in [1.165, 1.54) is 32.1 Å². The molecule has 0 aromatic carbocycles. The normalized spacial score (nSPS) is 10.4. The number of anilines is 2. The number of nitrogens with one attached hydrogen (secondary N) is 1. The topological polar surface area (TPSA) is 68.0 Å². The van der Waals surface area contributed by atoms with Gasteiger partial charge in [-0.3, -0.25) is 4.79 Å². The van der Waals surface area contributed by atoms with E-state index >= 15 is 0 Å². The average Bonchev–Trinajstić information content (AvgIpc) is 2.40. The van der Waals surface area contributed by atoms with Crippen molar-refractivity contribution in [1.29, 1.82) is 0 Å². The molecule has 0 aliphatic heterocycles. The Morgan fingerprint density at radius 2 is 1.84 bits per heavy atom. The lowest BCUT2D eigenvalue weighted by molar-refractivity contribution is -0.116. The predicted octanol–water partition coefficient (Wildman–Crippen LogP) is 3.74. The minimum absolute atomic E-state index is 0.0332. The number of hydrogen-bond donors (Lipinski definition) is 2. The van der Waals surface area contributed by atoms with Gasteiger partial charge in [0, 0.05) is 6.42 Å². The summed E-state index contributed by atoms with van der Waals surface area (Å²) >= 11 is 0.